The highest BCUT2D eigenvalue weighted by Gasteiger charge is 2.13. The van der Waals surface area contributed by atoms with E-state index in [1.165, 1.54) is 49.9 Å². The summed E-state index contributed by atoms with van der Waals surface area (Å²) in [4.78, 5) is 9.89. The molecule has 0 aliphatic carbocycles. The summed E-state index contributed by atoms with van der Waals surface area (Å²) in [5, 5.41) is 0. The minimum Gasteiger partial charge on any atom is -0.344 e. The van der Waals surface area contributed by atoms with Gasteiger partial charge in [0, 0.05) is 5.75 Å². The van der Waals surface area contributed by atoms with Gasteiger partial charge in [-0.25, -0.2) is 0 Å². The van der Waals surface area contributed by atoms with Gasteiger partial charge in [0.25, 0.3) is 0 Å². The van der Waals surface area contributed by atoms with Crippen LogP contribution >= 0.6 is 17.1 Å². The lowest BCUT2D eigenvalue weighted by atomic mass is 10.2. The highest BCUT2D eigenvalue weighted by molar-refractivity contribution is 8.67. The zero-order chi connectivity index (χ0) is 13.0. The van der Waals surface area contributed by atoms with E-state index in [4.69, 9.17) is 16.3 Å². The molecule has 0 aromatic heterocycles. The number of rotatable bonds is 12. The van der Waals surface area contributed by atoms with Gasteiger partial charge in [0.05, 0.1) is 6.61 Å². The molecule has 0 bridgehead atoms. The first-order valence-electron chi connectivity index (χ1n) is 6.74. The summed E-state index contributed by atoms with van der Waals surface area (Å²) in [6.45, 7) is 5.00. The van der Waals surface area contributed by atoms with Crippen molar-refractivity contribution >= 4 is 28.9 Å². The number of unbranched alkanes of at least 4 members (excludes halogenated alkanes) is 6. The van der Waals surface area contributed by atoms with E-state index < -0.39 is 5.69 Å². The summed E-state index contributed by atoms with van der Waals surface area (Å²) in [6, 6.07) is 0. The van der Waals surface area contributed by atoms with Crippen LogP contribution in [0.3, 0.4) is 0 Å². The Bertz CT molecular complexity index is 200. The third-order valence-corrected chi connectivity index (χ3v) is 6.92. The summed E-state index contributed by atoms with van der Waals surface area (Å²) in [5.74, 6) is 0.933. The smallest absolute Gasteiger partial charge is 0.244 e. The van der Waals surface area contributed by atoms with Crippen LogP contribution in [-0.4, -0.2) is 17.3 Å². The van der Waals surface area contributed by atoms with Crippen molar-refractivity contribution in [2.45, 2.75) is 65.2 Å². The van der Waals surface area contributed by atoms with E-state index in [2.05, 4.69) is 13.8 Å². The molecule has 0 heterocycles. The van der Waals surface area contributed by atoms with E-state index in [0.29, 0.717) is 6.61 Å². The van der Waals surface area contributed by atoms with Crippen LogP contribution in [0.2, 0.25) is 0 Å². The Morgan fingerprint density at radius 1 is 1.00 bits per heavy atom. The minimum atomic E-state index is -2.54. The van der Waals surface area contributed by atoms with E-state index in [9.17, 15) is 4.89 Å². The Labute approximate surface area is 122 Å². The summed E-state index contributed by atoms with van der Waals surface area (Å²) in [5.41, 5.74) is -2.54. The summed E-state index contributed by atoms with van der Waals surface area (Å²) in [7, 11) is 0. The van der Waals surface area contributed by atoms with Gasteiger partial charge < -0.3 is 15.6 Å². The van der Waals surface area contributed by atoms with Gasteiger partial charge in [-0.3, -0.25) is 0 Å². The maximum atomic E-state index is 9.89. The van der Waals surface area contributed by atoms with Gasteiger partial charge >= 0.3 is 0 Å². The van der Waals surface area contributed by atoms with Crippen LogP contribution in [0.1, 0.15) is 65.2 Å². The molecule has 1 unspecified atom stereocenters. The summed E-state index contributed by atoms with van der Waals surface area (Å²) in [6.07, 6.45) is 9.53. The van der Waals surface area contributed by atoms with E-state index >= 15 is 0 Å². The summed E-state index contributed by atoms with van der Waals surface area (Å²) < 4.78 is 5.43. The molecule has 4 N–H and O–H groups in total. The minimum absolute atomic E-state index is 0. The molecule has 112 valence electrons. The fraction of sp³-hybridized carbons (Fsp3) is 1.00. The Morgan fingerprint density at radius 3 is 2.11 bits per heavy atom. The summed E-state index contributed by atoms with van der Waals surface area (Å²) >= 11 is 6.56. The Morgan fingerprint density at radius 2 is 1.56 bits per heavy atom. The van der Waals surface area contributed by atoms with E-state index in [0.717, 1.165) is 18.6 Å². The molecule has 0 spiro atoms. The molecule has 0 aliphatic heterocycles. The molecule has 0 fully saturated rings. The van der Waals surface area contributed by atoms with Crippen molar-refractivity contribution < 1.29 is 9.42 Å². The maximum absolute atomic E-state index is 9.89. The average Bonchev–Trinajstić information content (AvgIpc) is 2.28. The highest BCUT2D eigenvalue weighted by atomic mass is 32.9. The fourth-order valence-electron chi connectivity index (χ4n) is 1.45. The molecule has 0 aromatic rings. The van der Waals surface area contributed by atoms with Gasteiger partial charge in [0.2, 0.25) is 5.69 Å². The Balaban J connectivity index is 0. The van der Waals surface area contributed by atoms with Crippen molar-refractivity contribution in [3.63, 3.8) is 0 Å². The van der Waals surface area contributed by atoms with Gasteiger partial charge in [-0.2, -0.15) is 0 Å². The first-order chi connectivity index (χ1) is 8.12. The van der Waals surface area contributed by atoms with Gasteiger partial charge in [-0.1, -0.05) is 63.8 Å². The standard InChI is InChI=1S/C12H27O2PS2.H3N/c1-3-5-7-9-11-14-15(13,16)17-12-10-8-6-4-2;/h3-12H2,1-2H3,(H,13,16);1H3. The molecule has 0 amide bonds. The van der Waals surface area contributed by atoms with E-state index in [-0.39, 0.29) is 6.15 Å². The molecule has 0 saturated heterocycles. The van der Waals surface area contributed by atoms with Crippen LogP contribution in [0.15, 0.2) is 0 Å². The molecule has 18 heavy (non-hydrogen) atoms. The lowest BCUT2D eigenvalue weighted by Gasteiger charge is -2.14. The first kappa shape index (κ1) is 21.2. The lowest BCUT2D eigenvalue weighted by Crippen LogP contribution is -1.92. The molecule has 1 atom stereocenters. The topological polar surface area (TPSA) is 64.5 Å². The molecule has 6 heteroatoms. The van der Waals surface area contributed by atoms with Crippen LogP contribution in [0.25, 0.3) is 0 Å². The molecule has 3 nitrogen and oxygen atoms in total. The van der Waals surface area contributed by atoms with Crippen LogP contribution in [0, 0.1) is 0 Å². The molecule has 0 rings (SSSR count). The monoisotopic (exact) mass is 315 g/mol. The molecule has 0 aliphatic rings. The SMILES string of the molecule is CCCCCCOP(O)(=S)SCCCCCC.N. The average molecular weight is 315 g/mol. The van der Waals surface area contributed by atoms with Crippen molar-refractivity contribution in [2.24, 2.45) is 0 Å². The van der Waals surface area contributed by atoms with E-state index in [1.807, 2.05) is 0 Å². The van der Waals surface area contributed by atoms with Crippen molar-refractivity contribution in [3.8, 4) is 0 Å². The Kier molecular flexibility index (Phi) is 16.8. The molecule has 0 saturated carbocycles. The van der Waals surface area contributed by atoms with Gasteiger partial charge in [-0.05, 0) is 24.6 Å². The highest BCUT2D eigenvalue weighted by Crippen LogP contribution is 2.56. The van der Waals surface area contributed by atoms with Crippen molar-refractivity contribution in [1.29, 1.82) is 0 Å². The predicted octanol–water partition coefficient (Wildman–Crippen LogP) is 5.28. The van der Waals surface area contributed by atoms with Crippen molar-refractivity contribution in [2.75, 3.05) is 12.4 Å². The van der Waals surface area contributed by atoms with Crippen LogP contribution < -0.4 is 6.15 Å². The molecule has 0 radical (unpaired) electrons. The third kappa shape index (κ3) is 14.9. The second kappa shape index (κ2) is 14.3. The fourth-order valence-corrected chi connectivity index (χ4v) is 4.87. The second-order valence-corrected chi connectivity index (χ2v) is 10.6. The van der Waals surface area contributed by atoms with Crippen LogP contribution in [-0.2, 0) is 16.3 Å². The quantitative estimate of drug-likeness (QED) is 0.379. The number of hydrogen-bond acceptors (Lipinski definition) is 4. The zero-order valence-corrected chi connectivity index (χ0v) is 14.4. The lowest BCUT2D eigenvalue weighted by molar-refractivity contribution is 0.308. The van der Waals surface area contributed by atoms with Gasteiger partial charge in [0.1, 0.15) is 0 Å². The van der Waals surface area contributed by atoms with Crippen LogP contribution in [0.5, 0.6) is 0 Å². The van der Waals surface area contributed by atoms with Crippen molar-refractivity contribution in [1.82, 2.24) is 6.15 Å². The second-order valence-electron chi connectivity index (χ2n) is 4.26. The zero-order valence-electron chi connectivity index (χ0n) is 11.9. The predicted molar refractivity (Wildman–Crippen MR) is 88.2 cm³/mol. The third-order valence-electron chi connectivity index (χ3n) is 2.50. The van der Waals surface area contributed by atoms with E-state index in [1.54, 1.807) is 0 Å². The van der Waals surface area contributed by atoms with Crippen molar-refractivity contribution in [3.05, 3.63) is 0 Å². The maximum Gasteiger partial charge on any atom is 0.244 e. The number of hydrogen-bond donors (Lipinski definition) is 2. The Hall–Kier alpha value is 0.880. The largest absolute Gasteiger partial charge is 0.344 e. The van der Waals surface area contributed by atoms with Gasteiger partial charge in [0.15, 0.2) is 0 Å². The van der Waals surface area contributed by atoms with Crippen LogP contribution in [0.4, 0.5) is 0 Å². The molecular weight excluding hydrogens is 285 g/mol. The first-order valence-corrected chi connectivity index (χ1v) is 11.0. The normalized spacial score (nSPS) is 13.9. The molecule has 0 aromatic carbocycles. The molecular formula is C12H30NO2PS2. The van der Waals surface area contributed by atoms with Gasteiger partial charge in [-0.15, -0.1) is 0 Å².